The van der Waals surface area contributed by atoms with E-state index in [9.17, 15) is 0 Å². The standard InChI is InChI=1S/C90H75BN4/c1-88(2,3)64-56-81-85-82(57-64)95(74-45-23-17-39-66(74)63-37-29-35-61(55-63)59-32-14-11-15-33-59)87-72(51-53-80(84(87)90(7,8)9)93-77-48-26-20-42-69(77)70-43-21-27-49-78(70)93)91(85)71-50-52-79(92-75-46-24-18-40-67(75)68-41-19-25-47-76(68)92)83(89(4,5)6)86(71)94(81)73-44-22-16-38-65(73)62-36-28-34-60(54-62)58-30-12-10-13-31-58/h10-57H,1-9H3. The minimum absolute atomic E-state index is 0.213. The van der Waals surface area contributed by atoms with Crippen LogP contribution >= 0.6 is 0 Å². The van der Waals surface area contributed by atoms with Crippen LogP contribution in [0, 0.1) is 0 Å². The lowest BCUT2D eigenvalue weighted by Crippen LogP contribution is -2.62. The first-order valence-corrected chi connectivity index (χ1v) is 33.7. The molecule has 0 amide bonds. The molecule has 4 nitrogen and oxygen atoms in total. The molecule has 0 aliphatic carbocycles. The molecule has 13 aromatic carbocycles. The molecular formula is C90H75BN4. The van der Waals surface area contributed by atoms with Gasteiger partial charge in [0.25, 0.3) is 6.71 Å². The molecule has 2 aliphatic heterocycles. The Balaban J connectivity index is 1.05. The third kappa shape index (κ3) is 9.26. The van der Waals surface area contributed by atoms with Crippen molar-refractivity contribution in [3.63, 3.8) is 0 Å². The molecule has 2 aliphatic rings. The van der Waals surface area contributed by atoms with Gasteiger partial charge in [-0.15, -0.1) is 0 Å². The predicted molar refractivity (Wildman–Crippen MR) is 407 cm³/mol. The van der Waals surface area contributed by atoms with Crippen LogP contribution in [0.5, 0.6) is 0 Å². The van der Waals surface area contributed by atoms with Gasteiger partial charge in [-0.25, -0.2) is 0 Å². The second-order valence-corrected chi connectivity index (χ2v) is 29.2. The number of anilines is 6. The summed E-state index contributed by atoms with van der Waals surface area (Å²) in [6.07, 6.45) is 0. The van der Waals surface area contributed by atoms with Gasteiger partial charge in [-0.1, -0.05) is 281 Å². The van der Waals surface area contributed by atoms with E-state index >= 15 is 0 Å². The molecule has 0 N–H and O–H groups in total. The van der Waals surface area contributed by atoms with E-state index in [1.807, 2.05) is 0 Å². The molecule has 0 spiro atoms. The number of fused-ring (bicyclic) bond motifs is 10. The Morgan fingerprint density at radius 1 is 0.253 bits per heavy atom. The average molecular weight is 1220 g/mol. The summed E-state index contributed by atoms with van der Waals surface area (Å²) in [6, 6.07) is 110. The topological polar surface area (TPSA) is 16.3 Å². The van der Waals surface area contributed by atoms with E-state index in [2.05, 4.69) is 372 Å². The van der Waals surface area contributed by atoms with Crippen molar-refractivity contribution < 1.29 is 0 Å². The van der Waals surface area contributed by atoms with Gasteiger partial charge in [-0.2, -0.15) is 0 Å². The number of hydrogen-bond acceptors (Lipinski definition) is 2. The van der Waals surface area contributed by atoms with Gasteiger partial charge < -0.3 is 18.9 Å². The summed E-state index contributed by atoms with van der Waals surface area (Å²) in [5.41, 5.74) is 30.2. The first kappa shape index (κ1) is 58.0. The van der Waals surface area contributed by atoms with Crippen LogP contribution in [-0.4, -0.2) is 15.8 Å². The summed E-state index contributed by atoms with van der Waals surface area (Å²) >= 11 is 0. The fourth-order valence-corrected chi connectivity index (χ4v) is 16.1. The van der Waals surface area contributed by atoms with Crippen molar-refractivity contribution in [2.75, 3.05) is 9.80 Å². The van der Waals surface area contributed by atoms with E-state index in [0.717, 1.165) is 33.6 Å². The summed E-state index contributed by atoms with van der Waals surface area (Å²) in [6.45, 7) is 21.6. The molecule has 17 rings (SSSR count). The molecule has 0 unspecified atom stereocenters. The number of benzene rings is 13. The van der Waals surface area contributed by atoms with Crippen molar-refractivity contribution in [2.45, 2.75) is 78.6 Å². The SMILES string of the molecule is CC(C)(C)c1cc2c3c(c1)N(c1ccccc1-c1cccc(-c4ccccc4)c1)c1c(ccc(-n4c5ccccc5c5ccccc54)c1C(C)(C)C)B3c1ccc(-n3c4ccccc4c4ccccc43)c(C(C)(C)C)c1N2c1ccccc1-c1cccc(-c2ccccc2)c1. The monoisotopic (exact) mass is 1220 g/mol. The molecule has 0 saturated heterocycles. The van der Waals surface area contributed by atoms with Gasteiger partial charge in [0, 0.05) is 66.5 Å². The number of nitrogens with zero attached hydrogens (tertiary/aromatic N) is 4. The van der Waals surface area contributed by atoms with Crippen LogP contribution in [0.3, 0.4) is 0 Å². The highest BCUT2D eigenvalue weighted by Crippen LogP contribution is 2.55. The van der Waals surface area contributed by atoms with E-state index in [1.165, 1.54) is 133 Å². The zero-order valence-electron chi connectivity index (χ0n) is 55.6. The Morgan fingerprint density at radius 3 is 0.947 bits per heavy atom. The van der Waals surface area contributed by atoms with Crippen molar-refractivity contribution in [1.82, 2.24) is 9.13 Å². The largest absolute Gasteiger partial charge is 0.310 e. The molecule has 0 atom stereocenters. The summed E-state index contributed by atoms with van der Waals surface area (Å²) in [5, 5.41) is 4.97. The first-order chi connectivity index (χ1) is 46.1. The highest BCUT2D eigenvalue weighted by Gasteiger charge is 2.49. The molecule has 2 aromatic heterocycles. The van der Waals surface area contributed by atoms with Gasteiger partial charge in [-0.05, 0) is 144 Å². The molecule has 15 aromatic rings. The van der Waals surface area contributed by atoms with Crippen LogP contribution in [0.4, 0.5) is 34.1 Å². The first-order valence-electron chi connectivity index (χ1n) is 33.7. The Morgan fingerprint density at radius 2 is 0.579 bits per heavy atom. The van der Waals surface area contributed by atoms with E-state index in [4.69, 9.17) is 0 Å². The Kier molecular flexibility index (Phi) is 13.3. The van der Waals surface area contributed by atoms with Crippen LogP contribution in [0.15, 0.2) is 291 Å². The third-order valence-corrected chi connectivity index (χ3v) is 20.2. The van der Waals surface area contributed by atoms with Crippen LogP contribution in [0.25, 0.3) is 99.5 Å². The minimum atomic E-state index is -0.400. The number of para-hydroxylation sites is 6. The summed E-state index contributed by atoms with van der Waals surface area (Å²) in [4.78, 5) is 5.47. The average Bonchev–Trinajstić information content (AvgIpc) is 0.712. The second-order valence-electron chi connectivity index (χ2n) is 29.2. The van der Waals surface area contributed by atoms with E-state index in [1.54, 1.807) is 0 Å². The lowest BCUT2D eigenvalue weighted by Gasteiger charge is -2.48. The third-order valence-electron chi connectivity index (χ3n) is 20.2. The highest BCUT2D eigenvalue weighted by atomic mass is 15.2. The summed E-state index contributed by atoms with van der Waals surface area (Å²) < 4.78 is 5.14. The van der Waals surface area contributed by atoms with Crippen LogP contribution in [0.1, 0.15) is 79.0 Å². The molecule has 95 heavy (non-hydrogen) atoms. The second kappa shape index (κ2) is 21.9. The van der Waals surface area contributed by atoms with Crippen molar-refractivity contribution >= 4 is 101 Å². The van der Waals surface area contributed by atoms with Gasteiger partial charge >= 0.3 is 0 Å². The van der Waals surface area contributed by atoms with E-state index in [-0.39, 0.29) is 12.1 Å². The lowest BCUT2D eigenvalue weighted by atomic mass is 9.32. The molecule has 5 heteroatoms. The molecular weight excluding hydrogens is 1150 g/mol. The molecule has 4 heterocycles. The maximum atomic E-state index is 2.73. The van der Waals surface area contributed by atoms with E-state index in [0.29, 0.717) is 0 Å². The Labute approximate surface area is 558 Å². The normalized spacial score (nSPS) is 13.0. The molecule has 0 fully saturated rings. The maximum absolute atomic E-state index is 2.73. The summed E-state index contributed by atoms with van der Waals surface area (Å²) in [5.74, 6) is 0. The maximum Gasteiger partial charge on any atom is 0.252 e. The van der Waals surface area contributed by atoms with Crippen molar-refractivity contribution in [3.8, 4) is 55.9 Å². The zero-order valence-corrected chi connectivity index (χ0v) is 55.6. The zero-order chi connectivity index (χ0) is 64.6. The van der Waals surface area contributed by atoms with Gasteiger partial charge in [0.05, 0.1) is 44.8 Å². The van der Waals surface area contributed by atoms with Gasteiger partial charge in [-0.3, -0.25) is 0 Å². The Bertz CT molecular complexity index is 5130. The van der Waals surface area contributed by atoms with Gasteiger partial charge in [0.1, 0.15) is 0 Å². The molecule has 0 bridgehead atoms. The van der Waals surface area contributed by atoms with Crippen LogP contribution in [0.2, 0.25) is 0 Å². The quantitative estimate of drug-likeness (QED) is 0.141. The van der Waals surface area contributed by atoms with Crippen molar-refractivity contribution in [1.29, 1.82) is 0 Å². The molecule has 0 radical (unpaired) electrons. The number of hydrogen-bond donors (Lipinski definition) is 0. The van der Waals surface area contributed by atoms with Gasteiger partial charge in [0.15, 0.2) is 0 Å². The highest BCUT2D eigenvalue weighted by molar-refractivity contribution is 7.00. The van der Waals surface area contributed by atoms with Crippen LogP contribution < -0.4 is 26.2 Å². The fourth-order valence-electron chi connectivity index (χ4n) is 16.1. The predicted octanol–water partition coefficient (Wildman–Crippen LogP) is 22.5. The minimum Gasteiger partial charge on any atom is -0.310 e. The van der Waals surface area contributed by atoms with Crippen molar-refractivity contribution in [2.24, 2.45) is 0 Å². The smallest absolute Gasteiger partial charge is 0.252 e. The Hall–Kier alpha value is -10.9. The fraction of sp³-hybridized carbons (Fsp3) is 0.133. The van der Waals surface area contributed by atoms with Gasteiger partial charge in [0.2, 0.25) is 0 Å². The molecule has 0 saturated carbocycles. The number of aromatic nitrogens is 2. The summed E-state index contributed by atoms with van der Waals surface area (Å²) in [7, 11) is 0. The number of rotatable bonds is 8. The lowest BCUT2D eigenvalue weighted by molar-refractivity contribution is 0.587. The van der Waals surface area contributed by atoms with E-state index < -0.39 is 10.8 Å². The molecule has 458 valence electrons. The van der Waals surface area contributed by atoms with Crippen LogP contribution in [-0.2, 0) is 16.2 Å². The van der Waals surface area contributed by atoms with Crippen molar-refractivity contribution in [3.05, 3.63) is 308 Å².